The van der Waals surface area contributed by atoms with E-state index in [1.54, 1.807) is 36.4 Å². The standard InChI is InChI=1S/C16H15Cl2FO2/c17-13-5-2-12(3-6-13)16(9-20,10-21)8-11-1-4-14(18)7-15(11)19/h1-7,20-21H,8-10H2. The first-order valence-electron chi connectivity index (χ1n) is 6.42. The summed E-state index contributed by atoms with van der Waals surface area (Å²) in [6, 6.07) is 11.2. The largest absolute Gasteiger partial charge is 0.395 e. The third kappa shape index (κ3) is 3.55. The molecule has 2 rings (SSSR count). The SMILES string of the molecule is OCC(CO)(Cc1ccc(Cl)cc1F)c1ccc(Cl)cc1. The Bertz CT molecular complexity index is 610. The van der Waals surface area contributed by atoms with Crippen LogP contribution in [-0.4, -0.2) is 23.4 Å². The number of halogens is 3. The summed E-state index contributed by atoms with van der Waals surface area (Å²) in [6.45, 7) is -0.625. The molecule has 0 aliphatic heterocycles. The predicted molar refractivity (Wildman–Crippen MR) is 82.4 cm³/mol. The first kappa shape index (κ1) is 16.2. The number of benzene rings is 2. The predicted octanol–water partition coefficient (Wildman–Crippen LogP) is 3.60. The summed E-state index contributed by atoms with van der Waals surface area (Å²) < 4.78 is 14.0. The first-order chi connectivity index (χ1) is 10.0. The fourth-order valence-electron chi connectivity index (χ4n) is 2.28. The highest BCUT2D eigenvalue weighted by molar-refractivity contribution is 6.30. The van der Waals surface area contributed by atoms with Gasteiger partial charge in [-0.1, -0.05) is 41.4 Å². The Balaban J connectivity index is 2.40. The Hall–Kier alpha value is -1.13. The average molecular weight is 329 g/mol. The van der Waals surface area contributed by atoms with Crippen LogP contribution in [0.3, 0.4) is 0 Å². The topological polar surface area (TPSA) is 40.5 Å². The molecule has 2 N–H and O–H groups in total. The molecule has 0 heterocycles. The summed E-state index contributed by atoms with van der Waals surface area (Å²) in [5.41, 5.74) is 0.114. The zero-order valence-electron chi connectivity index (χ0n) is 11.2. The lowest BCUT2D eigenvalue weighted by Crippen LogP contribution is -2.37. The quantitative estimate of drug-likeness (QED) is 0.880. The minimum Gasteiger partial charge on any atom is -0.395 e. The lowest BCUT2D eigenvalue weighted by molar-refractivity contribution is 0.115. The van der Waals surface area contributed by atoms with E-state index in [1.807, 2.05) is 0 Å². The number of rotatable bonds is 5. The van der Waals surface area contributed by atoms with Crippen molar-refractivity contribution in [3.63, 3.8) is 0 Å². The van der Waals surface area contributed by atoms with Gasteiger partial charge in [0.05, 0.1) is 13.2 Å². The van der Waals surface area contributed by atoms with Gasteiger partial charge in [-0.15, -0.1) is 0 Å². The van der Waals surface area contributed by atoms with Crippen molar-refractivity contribution in [1.29, 1.82) is 0 Å². The maximum absolute atomic E-state index is 14.0. The molecule has 0 aromatic heterocycles. The molecule has 0 unspecified atom stereocenters. The van der Waals surface area contributed by atoms with Crippen molar-refractivity contribution in [3.8, 4) is 0 Å². The fraction of sp³-hybridized carbons (Fsp3) is 0.250. The van der Waals surface area contributed by atoms with E-state index in [1.165, 1.54) is 6.07 Å². The second-order valence-electron chi connectivity index (χ2n) is 5.02. The van der Waals surface area contributed by atoms with E-state index in [4.69, 9.17) is 23.2 Å². The molecule has 2 aromatic rings. The molecule has 2 nitrogen and oxygen atoms in total. The molecule has 2 aromatic carbocycles. The van der Waals surface area contributed by atoms with Crippen molar-refractivity contribution in [3.05, 3.63) is 69.5 Å². The molecule has 0 atom stereocenters. The van der Waals surface area contributed by atoms with E-state index in [2.05, 4.69) is 0 Å². The number of aliphatic hydroxyl groups excluding tert-OH is 2. The van der Waals surface area contributed by atoms with Crippen molar-refractivity contribution >= 4 is 23.2 Å². The molecule has 0 amide bonds. The molecule has 0 aliphatic rings. The Morgan fingerprint density at radius 3 is 2.00 bits per heavy atom. The summed E-state index contributed by atoms with van der Waals surface area (Å²) in [6.07, 6.45) is 0.157. The molecule has 21 heavy (non-hydrogen) atoms. The highest BCUT2D eigenvalue weighted by Gasteiger charge is 2.32. The minimum atomic E-state index is -0.973. The van der Waals surface area contributed by atoms with Gasteiger partial charge >= 0.3 is 0 Å². The van der Waals surface area contributed by atoms with E-state index < -0.39 is 11.2 Å². The third-order valence-electron chi connectivity index (χ3n) is 3.61. The molecule has 0 fully saturated rings. The zero-order valence-corrected chi connectivity index (χ0v) is 12.7. The van der Waals surface area contributed by atoms with Crippen LogP contribution in [0, 0.1) is 5.82 Å². The molecule has 0 saturated heterocycles. The fourth-order valence-corrected chi connectivity index (χ4v) is 2.56. The molecule has 0 bridgehead atoms. The number of hydrogen-bond acceptors (Lipinski definition) is 2. The summed E-state index contributed by atoms with van der Waals surface area (Å²) in [5, 5.41) is 20.4. The van der Waals surface area contributed by atoms with Crippen LogP contribution in [0.5, 0.6) is 0 Å². The number of aliphatic hydroxyl groups is 2. The van der Waals surface area contributed by atoms with Gasteiger partial charge < -0.3 is 10.2 Å². The normalized spacial score (nSPS) is 11.7. The van der Waals surface area contributed by atoms with Gasteiger partial charge in [0.1, 0.15) is 5.82 Å². The van der Waals surface area contributed by atoms with Crippen LogP contribution in [0.25, 0.3) is 0 Å². The summed E-state index contributed by atoms with van der Waals surface area (Å²) in [7, 11) is 0. The molecule has 5 heteroatoms. The minimum absolute atomic E-state index is 0.157. The molecular formula is C16H15Cl2FO2. The van der Waals surface area contributed by atoms with Crippen LogP contribution >= 0.6 is 23.2 Å². The molecule has 0 radical (unpaired) electrons. The Kier molecular flexibility index (Phi) is 5.22. The van der Waals surface area contributed by atoms with Crippen molar-refractivity contribution in [1.82, 2.24) is 0 Å². The van der Waals surface area contributed by atoms with Crippen molar-refractivity contribution in [2.75, 3.05) is 13.2 Å². The Morgan fingerprint density at radius 1 is 0.905 bits per heavy atom. The second kappa shape index (κ2) is 6.75. The van der Waals surface area contributed by atoms with Crippen LogP contribution in [0.4, 0.5) is 4.39 Å². The lowest BCUT2D eigenvalue weighted by Gasteiger charge is -2.31. The summed E-state index contributed by atoms with van der Waals surface area (Å²) in [5.74, 6) is -0.456. The molecule has 112 valence electrons. The van der Waals surface area contributed by atoms with Crippen LogP contribution < -0.4 is 0 Å². The van der Waals surface area contributed by atoms with E-state index in [0.29, 0.717) is 21.2 Å². The average Bonchev–Trinajstić information content (AvgIpc) is 2.48. The van der Waals surface area contributed by atoms with Gasteiger partial charge in [0, 0.05) is 15.5 Å². The van der Waals surface area contributed by atoms with Crippen LogP contribution in [-0.2, 0) is 11.8 Å². The first-order valence-corrected chi connectivity index (χ1v) is 7.18. The van der Waals surface area contributed by atoms with Gasteiger partial charge in [0.2, 0.25) is 0 Å². The molecular weight excluding hydrogens is 314 g/mol. The molecule has 0 saturated carbocycles. The van der Waals surface area contributed by atoms with Crippen LogP contribution in [0.15, 0.2) is 42.5 Å². The van der Waals surface area contributed by atoms with Crippen LogP contribution in [0.1, 0.15) is 11.1 Å². The summed E-state index contributed by atoms with van der Waals surface area (Å²) in [4.78, 5) is 0. The monoisotopic (exact) mass is 328 g/mol. The second-order valence-corrected chi connectivity index (χ2v) is 5.89. The van der Waals surface area contributed by atoms with Crippen molar-refractivity contribution in [2.45, 2.75) is 11.8 Å². The Morgan fingerprint density at radius 2 is 1.48 bits per heavy atom. The van der Waals surface area contributed by atoms with Gasteiger partial charge in [-0.25, -0.2) is 4.39 Å². The maximum atomic E-state index is 14.0. The highest BCUT2D eigenvalue weighted by Crippen LogP contribution is 2.30. The smallest absolute Gasteiger partial charge is 0.127 e. The van der Waals surface area contributed by atoms with Gasteiger partial charge in [-0.05, 0) is 41.8 Å². The molecule has 0 spiro atoms. The maximum Gasteiger partial charge on any atom is 0.127 e. The van der Waals surface area contributed by atoms with E-state index in [0.717, 1.165) is 0 Å². The zero-order chi connectivity index (χ0) is 15.5. The van der Waals surface area contributed by atoms with Gasteiger partial charge in [0.15, 0.2) is 0 Å². The highest BCUT2D eigenvalue weighted by atomic mass is 35.5. The summed E-state index contributed by atoms with van der Waals surface area (Å²) >= 11 is 11.6. The molecule has 0 aliphatic carbocycles. The van der Waals surface area contributed by atoms with E-state index in [9.17, 15) is 14.6 Å². The van der Waals surface area contributed by atoms with Gasteiger partial charge in [0.25, 0.3) is 0 Å². The lowest BCUT2D eigenvalue weighted by atomic mass is 9.77. The van der Waals surface area contributed by atoms with E-state index in [-0.39, 0.29) is 19.6 Å². The third-order valence-corrected chi connectivity index (χ3v) is 4.09. The van der Waals surface area contributed by atoms with Crippen molar-refractivity contribution in [2.24, 2.45) is 0 Å². The van der Waals surface area contributed by atoms with Crippen LogP contribution in [0.2, 0.25) is 10.0 Å². The van der Waals surface area contributed by atoms with Crippen molar-refractivity contribution < 1.29 is 14.6 Å². The van der Waals surface area contributed by atoms with Gasteiger partial charge in [-0.3, -0.25) is 0 Å². The van der Waals surface area contributed by atoms with Gasteiger partial charge in [-0.2, -0.15) is 0 Å². The Labute approximate surface area is 132 Å². The van der Waals surface area contributed by atoms with E-state index >= 15 is 0 Å². The number of hydrogen-bond donors (Lipinski definition) is 2.